The largest absolute Gasteiger partial charge is 0.445 e. The molecule has 1 fully saturated rings. The molecule has 7 nitrogen and oxygen atoms in total. The molecule has 138 valence electrons. The highest BCUT2D eigenvalue weighted by atomic mass is 16.4. The molecule has 0 spiro atoms. The van der Waals surface area contributed by atoms with Crippen molar-refractivity contribution in [2.45, 2.75) is 52.0 Å². The molecule has 1 aromatic rings. The third-order valence-corrected chi connectivity index (χ3v) is 4.92. The molecule has 2 amide bonds. The van der Waals surface area contributed by atoms with Gasteiger partial charge in [-0.15, -0.1) is 0 Å². The molecule has 7 heteroatoms. The van der Waals surface area contributed by atoms with Gasteiger partial charge in [0.05, 0.1) is 19.0 Å². The first-order chi connectivity index (χ1) is 11.7. The number of fused-ring (bicyclic) bond motifs is 1. The summed E-state index contributed by atoms with van der Waals surface area (Å²) >= 11 is 0. The van der Waals surface area contributed by atoms with E-state index in [1.165, 1.54) is 0 Å². The molecule has 3 heterocycles. The molecule has 2 N–H and O–H groups in total. The Hall–Kier alpha value is -1.89. The third-order valence-electron chi connectivity index (χ3n) is 4.92. The van der Waals surface area contributed by atoms with E-state index >= 15 is 0 Å². The summed E-state index contributed by atoms with van der Waals surface area (Å²) in [5.74, 6) is 1.39. The maximum atomic E-state index is 12.9. The summed E-state index contributed by atoms with van der Waals surface area (Å²) in [5.41, 5.74) is 6.03. The van der Waals surface area contributed by atoms with Crippen LogP contribution in [-0.2, 0) is 28.0 Å². The topological polar surface area (TPSA) is 92.7 Å². The van der Waals surface area contributed by atoms with Gasteiger partial charge in [0.25, 0.3) is 0 Å². The molecule has 2 aliphatic rings. The lowest BCUT2D eigenvalue weighted by molar-refractivity contribution is -0.139. The van der Waals surface area contributed by atoms with Crippen molar-refractivity contribution in [2.75, 3.05) is 26.2 Å². The Morgan fingerprint density at radius 3 is 2.76 bits per heavy atom. The number of carbonyl (C=O) groups excluding carboxylic acids is 2. The van der Waals surface area contributed by atoms with Crippen molar-refractivity contribution in [3.05, 3.63) is 17.3 Å². The number of carbonyl (C=O) groups is 2. The van der Waals surface area contributed by atoms with Gasteiger partial charge in [-0.1, -0.05) is 20.8 Å². The van der Waals surface area contributed by atoms with Gasteiger partial charge in [0, 0.05) is 24.9 Å². The van der Waals surface area contributed by atoms with Gasteiger partial charge in [0.2, 0.25) is 11.8 Å². The Morgan fingerprint density at radius 1 is 1.32 bits per heavy atom. The summed E-state index contributed by atoms with van der Waals surface area (Å²) in [5, 5.41) is 0. The lowest BCUT2D eigenvalue weighted by atomic mass is 9.95. The van der Waals surface area contributed by atoms with Gasteiger partial charge in [-0.2, -0.15) is 0 Å². The van der Waals surface area contributed by atoms with Crippen molar-refractivity contribution in [1.29, 1.82) is 0 Å². The molecule has 2 aliphatic heterocycles. The summed E-state index contributed by atoms with van der Waals surface area (Å²) in [6.07, 6.45) is 2.49. The molecule has 0 aliphatic carbocycles. The van der Waals surface area contributed by atoms with E-state index in [1.807, 2.05) is 9.80 Å². The van der Waals surface area contributed by atoms with E-state index in [-0.39, 0.29) is 29.7 Å². The molecule has 1 unspecified atom stereocenters. The molecule has 1 saturated heterocycles. The second-order valence-corrected chi connectivity index (χ2v) is 8.19. The van der Waals surface area contributed by atoms with Gasteiger partial charge in [-0.25, -0.2) is 4.98 Å². The number of likely N-dealkylation sites (tertiary alicyclic amines) is 1. The molecular formula is C18H28N4O3. The molecule has 3 rings (SSSR count). The Labute approximate surface area is 148 Å². The Bertz CT molecular complexity index is 662. The molecule has 25 heavy (non-hydrogen) atoms. The monoisotopic (exact) mass is 348 g/mol. The zero-order valence-electron chi connectivity index (χ0n) is 15.4. The van der Waals surface area contributed by atoms with E-state index in [0.29, 0.717) is 26.1 Å². The molecule has 1 aromatic heterocycles. The number of aromatic nitrogens is 1. The number of amides is 2. The normalized spacial score (nSPS) is 21.9. The fourth-order valence-corrected chi connectivity index (χ4v) is 3.59. The van der Waals surface area contributed by atoms with E-state index in [2.05, 4.69) is 25.8 Å². The quantitative estimate of drug-likeness (QED) is 0.881. The van der Waals surface area contributed by atoms with Crippen LogP contribution in [0.5, 0.6) is 0 Å². The van der Waals surface area contributed by atoms with Crippen molar-refractivity contribution >= 4 is 11.8 Å². The fourth-order valence-electron chi connectivity index (χ4n) is 3.59. The van der Waals surface area contributed by atoms with Crippen molar-refractivity contribution in [1.82, 2.24) is 14.8 Å². The van der Waals surface area contributed by atoms with E-state index in [4.69, 9.17) is 10.2 Å². The standard InChI is InChI=1S/C18H28N4O3/c1-18(2,3)17-20-13-10-22(8-6-14(13)25-17)16(24)12-5-4-7-21(9-12)11-15(19)23/h12H,4-11H2,1-3H3,(H2,19,23). The van der Waals surface area contributed by atoms with E-state index in [0.717, 1.165) is 36.7 Å². The van der Waals surface area contributed by atoms with Crippen molar-refractivity contribution < 1.29 is 14.0 Å². The van der Waals surface area contributed by atoms with Crippen LogP contribution in [0.2, 0.25) is 0 Å². The second kappa shape index (κ2) is 6.78. The van der Waals surface area contributed by atoms with Gasteiger partial charge in [0.15, 0.2) is 5.89 Å². The predicted molar refractivity (Wildman–Crippen MR) is 92.7 cm³/mol. The van der Waals surface area contributed by atoms with Gasteiger partial charge in [-0.05, 0) is 19.4 Å². The number of nitrogens with zero attached hydrogens (tertiary/aromatic N) is 3. The summed E-state index contributed by atoms with van der Waals surface area (Å²) in [7, 11) is 0. The summed E-state index contributed by atoms with van der Waals surface area (Å²) in [6, 6.07) is 0. The van der Waals surface area contributed by atoms with E-state index < -0.39 is 0 Å². The minimum absolute atomic E-state index is 0.0661. The zero-order valence-corrected chi connectivity index (χ0v) is 15.4. The number of hydrogen-bond acceptors (Lipinski definition) is 5. The third kappa shape index (κ3) is 4.03. The fraction of sp³-hybridized carbons (Fsp3) is 0.722. The highest BCUT2D eigenvalue weighted by Gasteiger charge is 2.33. The average molecular weight is 348 g/mol. The summed E-state index contributed by atoms with van der Waals surface area (Å²) < 4.78 is 5.90. The van der Waals surface area contributed by atoms with Crippen molar-refractivity contribution in [3.8, 4) is 0 Å². The van der Waals surface area contributed by atoms with Gasteiger partial charge < -0.3 is 15.1 Å². The Kier molecular flexibility index (Phi) is 4.86. The van der Waals surface area contributed by atoms with Crippen LogP contribution in [-0.4, -0.2) is 52.8 Å². The molecule has 0 saturated carbocycles. The van der Waals surface area contributed by atoms with Crippen molar-refractivity contribution in [2.24, 2.45) is 11.7 Å². The lowest BCUT2D eigenvalue weighted by Gasteiger charge is -2.35. The first-order valence-electron chi connectivity index (χ1n) is 9.02. The SMILES string of the molecule is CC(C)(C)c1nc2c(o1)CCN(C(=O)C1CCCN(CC(N)=O)C1)C2. The van der Waals surface area contributed by atoms with Crippen LogP contribution >= 0.6 is 0 Å². The lowest BCUT2D eigenvalue weighted by Crippen LogP contribution is -2.47. The minimum Gasteiger partial charge on any atom is -0.445 e. The summed E-state index contributed by atoms with van der Waals surface area (Å²) in [4.78, 5) is 32.5. The van der Waals surface area contributed by atoms with Gasteiger partial charge >= 0.3 is 0 Å². The maximum Gasteiger partial charge on any atom is 0.231 e. The molecule has 0 aromatic carbocycles. The number of nitrogens with two attached hydrogens (primary N) is 1. The van der Waals surface area contributed by atoms with Crippen LogP contribution in [0.15, 0.2) is 4.42 Å². The van der Waals surface area contributed by atoms with Gasteiger partial charge in [-0.3, -0.25) is 14.5 Å². The minimum atomic E-state index is -0.340. The zero-order chi connectivity index (χ0) is 18.2. The van der Waals surface area contributed by atoms with E-state index in [1.54, 1.807) is 0 Å². The second-order valence-electron chi connectivity index (χ2n) is 8.19. The van der Waals surface area contributed by atoms with Crippen LogP contribution in [0.4, 0.5) is 0 Å². The molecule has 0 radical (unpaired) electrons. The maximum absolute atomic E-state index is 12.9. The predicted octanol–water partition coefficient (Wildman–Crippen LogP) is 1.05. The number of oxazole rings is 1. The van der Waals surface area contributed by atoms with Gasteiger partial charge in [0.1, 0.15) is 11.5 Å². The molecule has 0 bridgehead atoms. The smallest absolute Gasteiger partial charge is 0.231 e. The number of piperidine rings is 1. The van der Waals surface area contributed by atoms with Crippen LogP contribution in [0.1, 0.15) is 51.0 Å². The average Bonchev–Trinajstić information content (AvgIpc) is 2.97. The van der Waals surface area contributed by atoms with Crippen molar-refractivity contribution in [3.63, 3.8) is 0 Å². The number of hydrogen-bond donors (Lipinski definition) is 1. The van der Waals surface area contributed by atoms with Crippen LogP contribution in [0.3, 0.4) is 0 Å². The number of primary amides is 1. The first-order valence-corrected chi connectivity index (χ1v) is 9.02. The Balaban J connectivity index is 1.66. The van der Waals surface area contributed by atoms with Crippen LogP contribution in [0.25, 0.3) is 0 Å². The number of rotatable bonds is 3. The summed E-state index contributed by atoms with van der Waals surface area (Å²) in [6.45, 7) is 9.06. The first kappa shape index (κ1) is 17.9. The highest BCUT2D eigenvalue weighted by Crippen LogP contribution is 2.28. The van der Waals surface area contributed by atoms with Crippen LogP contribution < -0.4 is 5.73 Å². The van der Waals surface area contributed by atoms with E-state index in [9.17, 15) is 9.59 Å². The molecule has 1 atom stereocenters. The highest BCUT2D eigenvalue weighted by molar-refractivity contribution is 5.80. The molecular weight excluding hydrogens is 320 g/mol. The Morgan fingerprint density at radius 2 is 2.08 bits per heavy atom. The van der Waals surface area contributed by atoms with Crippen LogP contribution in [0, 0.1) is 5.92 Å².